The van der Waals surface area contributed by atoms with E-state index in [0.717, 1.165) is 48.7 Å². The maximum absolute atomic E-state index is 12.4. The van der Waals surface area contributed by atoms with Crippen LogP contribution in [0.4, 0.5) is 5.69 Å². The first kappa shape index (κ1) is 19.7. The van der Waals surface area contributed by atoms with E-state index in [1.54, 1.807) is 0 Å². The van der Waals surface area contributed by atoms with Gasteiger partial charge in [-0.3, -0.25) is 14.5 Å². The van der Waals surface area contributed by atoms with Gasteiger partial charge in [-0.1, -0.05) is 19.9 Å². The van der Waals surface area contributed by atoms with E-state index in [0.29, 0.717) is 18.2 Å². The zero-order valence-electron chi connectivity index (χ0n) is 16.1. The number of hydrogen-bond acceptors (Lipinski definition) is 6. The Hall–Kier alpha value is -2.06. The second kappa shape index (κ2) is 8.75. The molecule has 0 spiro atoms. The number of anilines is 1. The summed E-state index contributed by atoms with van der Waals surface area (Å²) in [5.41, 5.74) is 2.22. The minimum Gasteiger partial charge on any atom is -0.353 e. The van der Waals surface area contributed by atoms with Crippen molar-refractivity contribution in [3.63, 3.8) is 0 Å². The number of fused-ring (bicyclic) bond motifs is 1. The molecular weight excluding hydrogens is 362 g/mol. The average Bonchev–Trinajstić information content (AvgIpc) is 3.12. The zero-order chi connectivity index (χ0) is 19.4. The third-order valence-electron chi connectivity index (χ3n) is 5.26. The van der Waals surface area contributed by atoms with Crippen LogP contribution < -0.4 is 10.6 Å². The minimum atomic E-state index is -0.0631. The third kappa shape index (κ3) is 5.01. The van der Waals surface area contributed by atoms with Crippen LogP contribution in [0.15, 0.2) is 18.2 Å². The van der Waals surface area contributed by atoms with Gasteiger partial charge in [0, 0.05) is 12.0 Å². The van der Waals surface area contributed by atoms with Crippen molar-refractivity contribution in [1.82, 2.24) is 19.0 Å². The lowest BCUT2D eigenvalue weighted by Crippen LogP contribution is -2.45. The molecule has 7 nitrogen and oxygen atoms in total. The molecule has 1 aromatic heterocycles. The van der Waals surface area contributed by atoms with Gasteiger partial charge in [0.15, 0.2) is 0 Å². The van der Waals surface area contributed by atoms with Gasteiger partial charge < -0.3 is 10.6 Å². The molecule has 3 rings (SSSR count). The monoisotopic (exact) mass is 389 g/mol. The van der Waals surface area contributed by atoms with Gasteiger partial charge in [0.25, 0.3) is 0 Å². The van der Waals surface area contributed by atoms with E-state index in [1.165, 1.54) is 0 Å². The van der Waals surface area contributed by atoms with E-state index in [9.17, 15) is 9.59 Å². The molecule has 1 unspecified atom stereocenters. The predicted molar refractivity (Wildman–Crippen MR) is 108 cm³/mol. The van der Waals surface area contributed by atoms with E-state index in [-0.39, 0.29) is 23.8 Å². The Balaban J connectivity index is 1.47. The molecule has 1 atom stereocenters. The molecule has 2 aromatic rings. The summed E-state index contributed by atoms with van der Waals surface area (Å²) < 4.78 is 8.43. The first-order valence-corrected chi connectivity index (χ1v) is 10.2. The van der Waals surface area contributed by atoms with Crippen molar-refractivity contribution in [3.05, 3.63) is 18.2 Å². The zero-order valence-corrected chi connectivity index (χ0v) is 16.9. The summed E-state index contributed by atoms with van der Waals surface area (Å²) in [6.45, 7) is 8.09. The number of carbonyl (C=O) groups excluding carboxylic acids is 2. The first-order valence-electron chi connectivity index (χ1n) is 9.48. The highest BCUT2D eigenvalue weighted by atomic mass is 32.1. The molecule has 0 radical (unpaired) electrons. The molecule has 0 aliphatic carbocycles. The molecule has 0 bridgehead atoms. The lowest BCUT2D eigenvalue weighted by Gasteiger charge is -2.31. The first-order chi connectivity index (χ1) is 12.9. The number of aromatic nitrogens is 2. The van der Waals surface area contributed by atoms with Gasteiger partial charge in [-0.15, -0.1) is 0 Å². The maximum Gasteiger partial charge on any atom is 0.238 e. The molecule has 1 saturated heterocycles. The molecule has 1 fully saturated rings. The Bertz CT molecular complexity index is 798. The van der Waals surface area contributed by atoms with Crippen molar-refractivity contribution in [2.24, 2.45) is 11.8 Å². The number of rotatable bonds is 6. The molecule has 0 saturated carbocycles. The van der Waals surface area contributed by atoms with E-state index >= 15 is 0 Å². The van der Waals surface area contributed by atoms with E-state index in [2.05, 4.69) is 38.1 Å². The molecule has 1 aliphatic heterocycles. The van der Waals surface area contributed by atoms with Gasteiger partial charge in [0.2, 0.25) is 11.8 Å². The van der Waals surface area contributed by atoms with Gasteiger partial charge in [-0.05, 0) is 50.9 Å². The number of carbonyl (C=O) groups is 2. The number of benzene rings is 1. The number of likely N-dealkylation sites (tertiary alicyclic amines) is 1. The van der Waals surface area contributed by atoms with Crippen LogP contribution in [0, 0.1) is 11.8 Å². The van der Waals surface area contributed by atoms with Crippen molar-refractivity contribution < 1.29 is 9.59 Å². The molecule has 1 aromatic carbocycles. The second-order valence-electron chi connectivity index (χ2n) is 7.58. The minimum absolute atomic E-state index is 0.0420. The van der Waals surface area contributed by atoms with Crippen molar-refractivity contribution >= 4 is 40.3 Å². The summed E-state index contributed by atoms with van der Waals surface area (Å²) in [4.78, 5) is 26.9. The van der Waals surface area contributed by atoms with Crippen molar-refractivity contribution in [3.8, 4) is 0 Å². The summed E-state index contributed by atoms with van der Waals surface area (Å²) in [6, 6.07) is 5.77. The van der Waals surface area contributed by atoms with E-state index in [1.807, 2.05) is 25.1 Å². The lowest BCUT2D eigenvalue weighted by molar-refractivity contribution is -0.127. The largest absolute Gasteiger partial charge is 0.353 e. The van der Waals surface area contributed by atoms with E-state index < -0.39 is 0 Å². The van der Waals surface area contributed by atoms with Crippen LogP contribution in [-0.4, -0.2) is 51.1 Å². The van der Waals surface area contributed by atoms with Crippen molar-refractivity contribution in [2.45, 2.75) is 39.7 Å². The SMILES string of the molecule is CC(C)C(C)NC(=O)C1CCN(CC(=O)Nc2cccc3nsnc23)CC1. The molecule has 146 valence electrons. The molecule has 8 heteroatoms. The number of piperidine rings is 1. The maximum atomic E-state index is 12.4. The van der Waals surface area contributed by atoms with Gasteiger partial charge in [-0.25, -0.2) is 0 Å². The quantitative estimate of drug-likeness (QED) is 0.793. The lowest BCUT2D eigenvalue weighted by atomic mass is 9.95. The third-order valence-corrected chi connectivity index (χ3v) is 5.80. The highest BCUT2D eigenvalue weighted by molar-refractivity contribution is 7.00. The smallest absolute Gasteiger partial charge is 0.238 e. The molecular formula is C19H27N5O2S. The fourth-order valence-corrected chi connectivity index (χ4v) is 3.71. The normalized spacial score (nSPS) is 17.2. The number of hydrogen-bond donors (Lipinski definition) is 2. The van der Waals surface area contributed by atoms with Gasteiger partial charge >= 0.3 is 0 Å². The fourth-order valence-electron chi connectivity index (χ4n) is 3.16. The average molecular weight is 390 g/mol. The van der Waals surface area contributed by atoms with Gasteiger partial charge in [-0.2, -0.15) is 8.75 Å². The Morgan fingerprint density at radius 3 is 2.67 bits per heavy atom. The van der Waals surface area contributed by atoms with Gasteiger partial charge in [0.1, 0.15) is 11.0 Å². The van der Waals surface area contributed by atoms with E-state index in [4.69, 9.17) is 0 Å². The summed E-state index contributed by atoms with van der Waals surface area (Å²) in [6.07, 6.45) is 1.57. The topological polar surface area (TPSA) is 87.2 Å². The van der Waals surface area contributed by atoms with Crippen LogP contribution in [0.5, 0.6) is 0 Å². The van der Waals surface area contributed by atoms with Crippen molar-refractivity contribution in [2.75, 3.05) is 25.0 Å². The highest BCUT2D eigenvalue weighted by Crippen LogP contribution is 2.22. The molecule has 1 aliphatic rings. The summed E-state index contributed by atoms with van der Waals surface area (Å²) >= 11 is 1.14. The number of nitrogens with one attached hydrogen (secondary N) is 2. The van der Waals surface area contributed by atoms with Crippen molar-refractivity contribution in [1.29, 1.82) is 0 Å². The number of amides is 2. The summed E-state index contributed by atoms with van der Waals surface area (Å²) in [7, 11) is 0. The highest BCUT2D eigenvalue weighted by Gasteiger charge is 2.27. The van der Waals surface area contributed by atoms with Crippen LogP contribution >= 0.6 is 11.7 Å². The van der Waals surface area contributed by atoms with Crippen LogP contribution in [0.3, 0.4) is 0 Å². The molecule has 27 heavy (non-hydrogen) atoms. The second-order valence-corrected chi connectivity index (χ2v) is 8.11. The molecule has 2 N–H and O–H groups in total. The fraction of sp³-hybridized carbons (Fsp3) is 0.579. The molecule has 2 heterocycles. The summed E-state index contributed by atoms with van der Waals surface area (Å²) in [5.74, 6) is 0.547. The van der Waals surface area contributed by atoms with Crippen LogP contribution in [-0.2, 0) is 9.59 Å². The standard InChI is InChI=1S/C19H27N5O2S/c1-12(2)13(3)20-19(26)14-7-9-24(10-8-14)11-17(25)21-15-5-4-6-16-18(15)23-27-22-16/h4-6,12-14H,7-11H2,1-3H3,(H,20,26)(H,21,25). The van der Waals surface area contributed by atoms with Crippen LogP contribution in [0.25, 0.3) is 11.0 Å². The van der Waals surface area contributed by atoms with Crippen LogP contribution in [0.1, 0.15) is 33.6 Å². The predicted octanol–water partition coefficient (Wildman–Crippen LogP) is 2.50. The Labute approximate surface area is 163 Å². The Morgan fingerprint density at radius 1 is 1.22 bits per heavy atom. The molecule has 2 amide bonds. The Kier molecular flexibility index (Phi) is 6.38. The van der Waals surface area contributed by atoms with Crippen LogP contribution in [0.2, 0.25) is 0 Å². The summed E-state index contributed by atoms with van der Waals surface area (Å²) in [5, 5.41) is 6.04. The number of nitrogens with zero attached hydrogens (tertiary/aromatic N) is 3. The Morgan fingerprint density at radius 2 is 1.96 bits per heavy atom. The van der Waals surface area contributed by atoms with Gasteiger partial charge in [0.05, 0.1) is 24.0 Å².